The van der Waals surface area contributed by atoms with E-state index in [-0.39, 0.29) is 5.69 Å². The molecule has 0 spiro atoms. The third-order valence-electron chi connectivity index (χ3n) is 4.34. The van der Waals surface area contributed by atoms with Gasteiger partial charge in [-0.05, 0) is 30.3 Å². The second-order valence-electron chi connectivity index (χ2n) is 6.60. The Hall–Kier alpha value is -3.99. The fraction of sp³-hybridized carbons (Fsp3) is 0.0476. The topological polar surface area (TPSA) is 106 Å². The highest BCUT2D eigenvalue weighted by atomic mass is 32.1. The van der Waals surface area contributed by atoms with Crippen LogP contribution >= 0.6 is 11.3 Å². The lowest BCUT2D eigenvalue weighted by atomic mass is 10.1. The van der Waals surface area contributed by atoms with Gasteiger partial charge in [0.25, 0.3) is 0 Å². The van der Waals surface area contributed by atoms with E-state index in [9.17, 15) is 18.0 Å². The first kappa shape index (κ1) is 21.2. The summed E-state index contributed by atoms with van der Waals surface area (Å²) in [4.78, 5) is 24.7. The SMILES string of the molecule is Nc1ncncc1-c1nc(-c2cccc(NC(=O)Nc3cccc(C(F)(F)F)c3)c2)cs1. The molecule has 4 aromatic rings. The number of nitrogens with one attached hydrogen (secondary N) is 2. The molecule has 2 heterocycles. The van der Waals surface area contributed by atoms with Crippen LogP contribution in [0.15, 0.2) is 66.4 Å². The van der Waals surface area contributed by atoms with Gasteiger partial charge in [0.2, 0.25) is 0 Å². The van der Waals surface area contributed by atoms with Crippen LogP contribution in [0.4, 0.5) is 35.2 Å². The summed E-state index contributed by atoms with van der Waals surface area (Å²) < 4.78 is 38.5. The first-order valence-electron chi connectivity index (χ1n) is 9.17. The number of aromatic nitrogens is 3. The Morgan fingerprint density at radius 3 is 2.47 bits per heavy atom. The average Bonchev–Trinajstić information content (AvgIpc) is 3.24. The highest BCUT2D eigenvalue weighted by Crippen LogP contribution is 2.32. The molecule has 4 N–H and O–H groups in total. The summed E-state index contributed by atoms with van der Waals surface area (Å²) in [6.45, 7) is 0. The smallest absolute Gasteiger partial charge is 0.383 e. The quantitative estimate of drug-likeness (QED) is 0.375. The van der Waals surface area contributed by atoms with Crippen molar-refractivity contribution in [2.45, 2.75) is 6.18 Å². The number of carbonyl (C=O) groups excluding carboxylic acids is 1. The van der Waals surface area contributed by atoms with E-state index < -0.39 is 17.8 Å². The van der Waals surface area contributed by atoms with Crippen LogP contribution in [-0.4, -0.2) is 21.0 Å². The maximum absolute atomic E-state index is 12.8. The van der Waals surface area contributed by atoms with Crippen LogP contribution in [0.2, 0.25) is 0 Å². The molecule has 0 bridgehead atoms. The molecule has 2 aromatic heterocycles. The Labute approximate surface area is 184 Å². The van der Waals surface area contributed by atoms with Gasteiger partial charge < -0.3 is 16.4 Å². The third kappa shape index (κ3) is 4.83. The van der Waals surface area contributed by atoms with E-state index in [1.54, 1.807) is 24.4 Å². The van der Waals surface area contributed by atoms with Crippen molar-refractivity contribution in [1.29, 1.82) is 0 Å². The van der Waals surface area contributed by atoms with Crippen LogP contribution in [0.5, 0.6) is 0 Å². The van der Waals surface area contributed by atoms with Gasteiger partial charge in [-0.1, -0.05) is 18.2 Å². The maximum atomic E-state index is 12.8. The normalized spacial score (nSPS) is 11.2. The minimum absolute atomic E-state index is 0.0280. The van der Waals surface area contributed by atoms with E-state index in [0.29, 0.717) is 27.8 Å². The largest absolute Gasteiger partial charge is 0.416 e. The number of amides is 2. The minimum Gasteiger partial charge on any atom is -0.383 e. The fourth-order valence-electron chi connectivity index (χ4n) is 2.86. The van der Waals surface area contributed by atoms with E-state index in [0.717, 1.165) is 17.7 Å². The number of benzene rings is 2. The number of halogens is 3. The lowest BCUT2D eigenvalue weighted by Gasteiger charge is -2.11. The number of hydrogen-bond donors (Lipinski definition) is 3. The van der Waals surface area contributed by atoms with Crippen LogP contribution in [-0.2, 0) is 6.18 Å². The molecule has 4 rings (SSSR count). The number of anilines is 3. The van der Waals surface area contributed by atoms with E-state index >= 15 is 0 Å². The predicted molar refractivity (Wildman–Crippen MR) is 117 cm³/mol. The molecular weight excluding hydrogens is 441 g/mol. The number of alkyl halides is 3. The lowest BCUT2D eigenvalue weighted by molar-refractivity contribution is -0.137. The molecule has 0 aliphatic rings. The highest BCUT2D eigenvalue weighted by Gasteiger charge is 2.30. The van der Waals surface area contributed by atoms with Gasteiger partial charge in [-0.3, -0.25) is 0 Å². The molecule has 2 aromatic carbocycles. The van der Waals surface area contributed by atoms with Gasteiger partial charge in [-0.2, -0.15) is 13.2 Å². The van der Waals surface area contributed by atoms with Gasteiger partial charge in [-0.15, -0.1) is 11.3 Å². The van der Waals surface area contributed by atoms with Gasteiger partial charge in [0.05, 0.1) is 16.8 Å². The zero-order chi connectivity index (χ0) is 22.7. The van der Waals surface area contributed by atoms with Crippen molar-refractivity contribution in [2.75, 3.05) is 16.4 Å². The highest BCUT2D eigenvalue weighted by molar-refractivity contribution is 7.13. The molecule has 162 valence electrons. The van der Waals surface area contributed by atoms with Crippen LogP contribution in [0.1, 0.15) is 5.56 Å². The first-order chi connectivity index (χ1) is 15.3. The van der Waals surface area contributed by atoms with Crippen molar-refractivity contribution >= 4 is 34.6 Å². The number of urea groups is 1. The van der Waals surface area contributed by atoms with E-state index in [4.69, 9.17) is 5.73 Å². The van der Waals surface area contributed by atoms with Crippen molar-refractivity contribution in [3.05, 3.63) is 72.0 Å². The van der Waals surface area contributed by atoms with Crippen molar-refractivity contribution in [3.8, 4) is 21.8 Å². The Kier molecular flexibility index (Phi) is 5.73. The second kappa shape index (κ2) is 8.63. The molecule has 0 fully saturated rings. The number of rotatable bonds is 4. The number of nitrogens with zero attached hydrogens (tertiary/aromatic N) is 3. The molecule has 2 amide bonds. The standard InChI is InChI=1S/C21H15F3N6OS/c22-21(23,24)13-4-2-6-15(8-13)29-20(31)28-14-5-1-3-12(7-14)17-10-32-19(30-17)16-9-26-11-27-18(16)25/h1-11H,(H2,25,26,27)(H2,28,29,31). The molecule has 0 aliphatic heterocycles. The molecule has 0 saturated carbocycles. The molecule has 7 nitrogen and oxygen atoms in total. The monoisotopic (exact) mass is 456 g/mol. The van der Waals surface area contributed by atoms with Gasteiger partial charge in [0, 0.05) is 28.5 Å². The van der Waals surface area contributed by atoms with Gasteiger partial charge >= 0.3 is 12.2 Å². The summed E-state index contributed by atoms with van der Waals surface area (Å²) in [5.41, 5.74) is 7.53. The summed E-state index contributed by atoms with van der Waals surface area (Å²) >= 11 is 1.37. The Morgan fingerprint density at radius 2 is 1.75 bits per heavy atom. The first-order valence-corrected chi connectivity index (χ1v) is 10.0. The van der Waals surface area contributed by atoms with Crippen molar-refractivity contribution in [3.63, 3.8) is 0 Å². The minimum atomic E-state index is -4.49. The van der Waals surface area contributed by atoms with Crippen LogP contribution < -0.4 is 16.4 Å². The predicted octanol–water partition coefficient (Wildman–Crippen LogP) is 5.51. The third-order valence-corrected chi connectivity index (χ3v) is 5.22. The number of nitrogens with two attached hydrogens (primary N) is 1. The fourth-order valence-corrected chi connectivity index (χ4v) is 3.70. The molecule has 0 radical (unpaired) electrons. The molecule has 11 heteroatoms. The molecule has 0 unspecified atom stereocenters. The van der Waals surface area contributed by atoms with Crippen molar-refractivity contribution in [1.82, 2.24) is 15.0 Å². The molecule has 32 heavy (non-hydrogen) atoms. The second-order valence-corrected chi connectivity index (χ2v) is 7.46. The molecule has 0 atom stereocenters. The maximum Gasteiger partial charge on any atom is 0.416 e. The van der Waals surface area contributed by atoms with Crippen molar-refractivity contribution in [2.24, 2.45) is 0 Å². The number of nitrogen functional groups attached to an aromatic ring is 1. The summed E-state index contributed by atoms with van der Waals surface area (Å²) in [6.07, 6.45) is -1.56. The van der Waals surface area contributed by atoms with Gasteiger partial charge in [0.15, 0.2) is 0 Å². The number of carbonyl (C=O) groups is 1. The Balaban J connectivity index is 1.48. The van der Waals surface area contributed by atoms with E-state index in [2.05, 4.69) is 25.6 Å². The van der Waals surface area contributed by atoms with Crippen molar-refractivity contribution < 1.29 is 18.0 Å². The Bertz CT molecular complexity index is 1270. The lowest BCUT2D eigenvalue weighted by Crippen LogP contribution is -2.19. The molecule has 0 aliphatic carbocycles. The summed E-state index contributed by atoms with van der Waals surface area (Å²) in [7, 11) is 0. The zero-order valence-corrected chi connectivity index (χ0v) is 17.0. The van der Waals surface area contributed by atoms with E-state index in [1.807, 2.05) is 11.4 Å². The van der Waals surface area contributed by atoms with Crippen LogP contribution in [0.25, 0.3) is 21.8 Å². The zero-order valence-electron chi connectivity index (χ0n) is 16.2. The van der Waals surface area contributed by atoms with E-state index in [1.165, 1.54) is 29.8 Å². The number of hydrogen-bond acceptors (Lipinski definition) is 6. The molecular formula is C21H15F3N6OS. The molecule has 0 saturated heterocycles. The Morgan fingerprint density at radius 1 is 1.03 bits per heavy atom. The average molecular weight is 456 g/mol. The van der Waals surface area contributed by atoms with Crippen LogP contribution in [0, 0.1) is 0 Å². The number of thiazole rings is 1. The summed E-state index contributed by atoms with van der Waals surface area (Å²) in [5.74, 6) is 0.322. The van der Waals surface area contributed by atoms with Gasteiger partial charge in [0.1, 0.15) is 17.2 Å². The summed E-state index contributed by atoms with van der Waals surface area (Å²) in [5, 5.41) is 7.50. The summed E-state index contributed by atoms with van der Waals surface area (Å²) in [6, 6.07) is 10.6. The van der Waals surface area contributed by atoms with Gasteiger partial charge in [-0.25, -0.2) is 19.7 Å². The van der Waals surface area contributed by atoms with Crippen LogP contribution in [0.3, 0.4) is 0 Å².